The molecule has 0 radical (unpaired) electrons. The topological polar surface area (TPSA) is 167 Å². The summed E-state index contributed by atoms with van der Waals surface area (Å²) in [6.07, 6.45) is 5.21. The highest BCUT2D eigenvalue weighted by molar-refractivity contribution is 6.31. The van der Waals surface area contributed by atoms with E-state index in [-0.39, 0.29) is 36.8 Å². The molecule has 5 N–H and O–H groups in total. The zero-order valence-corrected chi connectivity index (χ0v) is 31.3. The molecular weight excluding hydrogens is 719 g/mol. The predicted octanol–water partition coefficient (Wildman–Crippen LogP) is 4.71. The summed E-state index contributed by atoms with van der Waals surface area (Å²) in [5.74, 6) is -0.632. The summed E-state index contributed by atoms with van der Waals surface area (Å²) >= 11 is 12.8. The van der Waals surface area contributed by atoms with Gasteiger partial charge in [0.15, 0.2) is 17.0 Å². The third-order valence-electron chi connectivity index (χ3n) is 9.41. The number of halogens is 2. The molecule has 0 spiro atoms. The SMILES string of the molecule is CCNC(=O)[C@@H]1CC[C@H](n2cnc3c(NCC(c4cccc(Cl)c4)c4cccc(Cl)c4)nc(C(=O)NCCNC(=O)NCCN4CCCCC4)nc32)O1. The van der Waals surface area contributed by atoms with Crippen molar-refractivity contribution in [1.82, 2.24) is 45.7 Å². The number of likely N-dealkylation sites (N-methyl/N-ethyl adjacent to an activating group) is 1. The maximum atomic E-state index is 13.5. The van der Waals surface area contributed by atoms with Crippen molar-refractivity contribution >= 4 is 58.0 Å². The Hall–Kier alpha value is -4.50. The number of hydrogen-bond donors (Lipinski definition) is 5. The van der Waals surface area contributed by atoms with Gasteiger partial charge in [-0.1, -0.05) is 53.9 Å². The highest BCUT2D eigenvalue weighted by atomic mass is 35.5. The number of benzene rings is 2. The zero-order chi connectivity index (χ0) is 37.2. The Balaban J connectivity index is 1.18. The van der Waals surface area contributed by atoms with Crippen LogP contribution in [0.3, 0.4) is 0 Å². The van der Waals surface area contributed by atoms with Crippen LogP contribution < -0.4 is 26.6 Å². The van der Waals surface area contributed by atoms with Crippen molar-refractivity contribution in [3.05, 3.63) is 81.9 Å². The number of piperidine rings is 1. The standard InChI is InChI=1S/C37H46Cl2N10O4/c1-2-40-35(50)29-12-13-30(53-29)49-23-45-31-32(44-22-28(24-8-6-10-26(38)20-24)25-9-7-11-27(39)21-25)46-33(47-34(31)49)36(51)41-14-15-42-37(52)43-16-19-48-17-4-3-5-18-48/h6-11,20-21,23,28-30H,2-5,12-19,22H2,1H3,(H,40,50)(H,41,51)(H2,42,43,52)(H,44,46,47)/t29-,30+/m0/s1. The summed E-state index contributed by atoms with van der Waals surface area (Å²) in [6.45, 7) is 6.59. The minimum atomic E-state index is -0.606. The Labute approximate surface area is 318 Å². The van der Waals surface area contributed by atoms with Crippen molar-refractivity contribution < 1.29 is 19.1 Å². The molecular formula is C37H46Cl2N10O4. The van der Waals surface area contributed by atoms with Crippen LogP contribution in [0.1, 0.15) is 72.9 Å². The first kappa shape index (κ1) is 38.2. The van der Waals surface area contributed by atoms with Crippen molar-refractivity contribution in [2.24, 2.45) is 0 Å². The van der Waals surface area contributed by atoms with E-state index in [0.29, 0.717) is 59.5 Å². The van der Waals surface area contributed by atoms with Gasteiger partial charge < -0.3 is 36.2 Å². The molecule has 2 aliphatic rings. The molecule has 2 fully saturated rings. The number of fused-ring (bicyclic) bond motifs is 1. The molecule has 14 nitrogen and oxygen atoms in total. The largest absolute Gasteiger partial charge is 0.367 e. The zero-order valence-electron chi connectivity index (χ0n) is 29.7. The lowest BCUT2D eigenvalue weighted by atomic mass is 9.91. The van der Waals surface area contributed by atoms with Crippen molar-refractivity contribution in [3.63, 3.8) is 0 Å². The van der Waals surface area contributed by atoms with E-state index >= 15 is 0 Å². The number of carbonyl (C=O) groups is 3. The second-order valence-corrected chi connectivity index (χ2v) is 14.0. The predicted molar refractivity (Wildman–Crippen MR) is 204 cm³/mol. The van der Waals surface area contributed by atoms with Crippen LogP contribution in [0.25, 0.3) is 11.2 Å². The molecule has 4 aromatic rings. The van der Waals surface area contributed by atoms with Crippen molar-refractivity contribution in [2.75, 3.05) is 57.7 Å². The van der Waals surface area contributed by atoms with Gasteiger partial charge in [0.25, 0.3) is 5.91 Å². The lowest BCUT2D eigenvalue weighted by Crippen LogP contribution is -2.43. The first-order chi connectivity index (χ1) is 25.8. The molecule has 0 saturated carbocycles. The number of nitrogens with zero attached hydrogens (tertiary/aromatic N) is 5. The summed E-state index contributed by atoms with van der Waals surface area (Å²) in [5.41, 5.74) is 2.73. The molecule has 0 aliphatic carbocycles. The van der Waals surface area contributed by atoms with Gasteiger partial charge in [-0.15, -0.1) is 0 Å². The van der Waals surface area contributed by atoms with Gasteiger partial charge in [-0.2, -0.15) is 0 Å². The second-order valence-electron chi connectivity index (χ2n) is 13.2. The molecule has 16 heteroatoms. The highest BCUT2D eigenvalue weighted by Gasteiger charge is 2.33. The van der Waals surface area contributed by atoms with Crippen LogP contribution in [0.2, 0.25) is 10.0 Å². The van der Waals surface area contributed by atoms with Gasteiger partial charge in [-0.05, 0) is 81.1 Å². The minimum Gasteiger partial charge on any atom is -0.367 e. The van der Waals surface area contributed by atoms with Crippen LogP contribution >= 0.6 is 23.2 Å². The molecule has 0 unspecified atom stereocenters. The van der Waals surface area contributed by atoms with Crippen LogP contribution in [0.15, 0.2) is 54.9 Å². The molecule has 2 aromatic carbocycles. The smallest absolute Gasteiger partial charge is 0.314 e. The first-order valence-corrected chi connectivity index (χ1v) is 19.0. The van der Waals surface area contributed by atoms with E-state index in [4.69, 9.17) is 27.9 Å². The number of imidazole rings is 1. The van der Waals surface area contributed by atoms with Gasteiger partial charge in [0.2, 0.25) is 11.7 Å². The molecule has 2 aromatic heterocycles. The van der Waals surface area contributed by atoms with Crippen LogP contribution in [-0.4, -0.2) is 101 Å². The van der Waals surface area contributed by atoms with E-state index in [0.717, 1.165) is 30.8 Å². The Morgan fingerprint density at radius 1 is 0.887 bits per heavy atom. The van der Waals surface area contributed by atoms with Gasteiger partial charge in [0, 0.05) is 55.2 Å². The molecule has 6 rings (SSSR count). The normalized spacial score (nSPS) is 17.5. The first-order valence-electron chi connectivity index (χ1n) is 18.2. The maximum absolute atomic E-state index is 13.5. The van der Waals surface area contributed by atoms with E-state index in [1.165, 1.54) is 19.3 Å². The van der Waals surface area contributed by atoms with Gasteiger partial charge >= 0.3 is 6.03 Å². The molecule has 2 saturated heterocycles. The molecule has 4 heterocycles. The fourth-order valence-corrected chi connectivity index (χ4v) is 7.13. The average Bonchev–Trinajstić information content (AvgIpc) is 3.82. The van der Waals surface area contributed by atoms with Gasteiger partial charge in [-0.25, -0.2) is 19.7 Å². The molecule has 282 valence electrons. The maximum Gasteiger partial charge on any atom is 0.314 e. The fraction of sp³-hybridized carbons (Fsp3) is 0.459. The van der Waals surface area contributed by atoms with Gasteiger partial charge in [0.05, 0.1) is 6.33 Å². The number of rotatable bonds is 15. The van der Waals surface area contributed by atoms with E-state index in [9.17, 15) is 14.4 Å². The number of carbonyl (C=O) groups excluding carboxylic acids is 3. The van der Waals surface area contributed by atoms with Crippen LogP contribution in [0.5, 0.6) is 0 Å². The monoisotopic (exact) mass is 764 g/mol. The van der Waals surface area contributed by atoms with Gasteiger partial charge in [-0.3, -0.25) is 14.2 Å². The third-order valence-corrected chi connectivity index (χ3v) is 9.88. The van der Waals surface area contributed by atoms with Crippen molar-refractivity contribution in [3.8, 4) is 0 Å². The summed E-state index contributed by atoms with van der Waals surface area (Å²) in [7, 11) is 0. The number of ether oxygens (including phenoxy) is 1. The van der Waals surface area contributed by atoms with E-state index in [1.807, 2.05) is 55.5 Å². The number of nitrogens with one attached hydrogen (secondary N) is 5. The molecule has 2 atom stereocenters. The lowest BCUT2D eigenvalue weighted by Gasteiger charge is -2.26. The fourth-order valence-electron chi connectivity index (χ4n) is 6.74. The number of amides is 4. The molecule has 0 bridgehead atoms. The van der Waals surface area contributed by atoms with Crippen LogP contribution in [0, 0.1) is 0 Å². The summed E-state index contributed by atoms with van der Waals surface area (Å²) in [5, 5.41) is 15.9. The molecule has 53 heavy (non-hydrogen) atoms. The summed E-state index contributed by atoms with van der Waals surface area (Å²) < 4.78 is 7.86. The van der Waals surface area contributed by atoms with Crippen molar-refractivity contribution in [2.45, 2.75) is 57.3 Å². The Bertz CT molecular complexity index is 1840. The Morgan fingerprint density at radius 2 is 1.58 bits per heavy atom. The molecule has 2 aliphatic heterocycles. The highest BCUT2D eigenvalue weighted by Crippen LogP contribution is 2.33. The Morgan fingerprint density at radius 3 is 2.28 bits per heavy atom. The van der Waals surface area contributed by atoms with Gasteiger partial charge in [0.1, 0.15) is 12.3 Å². The molecule has 4 amide bonds. The van der Waals surface area contributed by atoms with E-state index < -0.39 is 18.2 Å². The number of anilines is 1. The summed E-state index contributed by atoms with van der Waals surface area (Å²) in [4.78, 5) is 54.6. The van der Waals surface area contributed by atoms with E-state index in [1.54, 1.807) is 10.9 Å². The third kappa shape index (κ3) is 10.1. The number of urea groups is 1. The summed E-state index contributed by atoms with van der Waals surface area (Å²) in [6, 6.07) is 14.9. The second kappa shape index (κ2) is 18.5. The van der Waals surface area contributed by atoms with Crippen LogP contribution in [0.4, 0.5) is 10.6 Å². The number of hydrogen-bond acceptors (Lipinski definition) is 9. The number of aromatic nitrogens is 4. The minimum absolute atomic E-state index is 0.0898. The average molecular weight is 766 g/mol. The number of likely N-dealkylation sites (tertiary alicyclic amines) is 1. The van der Waals surface area contributed by atoms with E-state index in [2.05, 4.69) is 46.4 Å². The van der Waals surface area contributed by atoms with Crippen LogP contribution in [-0.2, 0) is 9.53 Å². The van der Waals surface area contributed by atoms with Crippen molar-refractivity contribution in [1.29, 1.82) is 0 Å². The lowest BCUT2D eigenvalue weighted by molar-refractivity contribution is -0.133. The Kier molecular flexibility index (Phi) is 13.3. The quantitative estimate of drug-likeness (QED) is 0.108.